The number of carbonyl (C=O) groups is 2. The van der Waals surface area contributed by atoms with Crippen LogP contribution in [0.4, 0.5) is 5.82 Å². The van der Waals surface area contributed by atoms with Crippen LogP contribution in [0.25, 0.3) is 0 Å². The summed E-state index contributed by atoms with van der Waals surface area (Å²) in [7, 11) is 0. The Hall–Kier alpha value is -2.83. The van der Waals surface area contributed by atoms with Crippen LogP contribution in [0.15, 0.2) is 34.9 Å². The lowest BCUT2D eigenvalue weighted by atomic mass is 9.97. The Morgan fingerprint density at radius 1 is 1.30 bits per heavy atom. The highest BCUT2D eigenvalue weighted by molar-refractivity contribution is 6.39. The van der Waals surface area contributed by atoms with Gasteiger partial charge in [0.1, 0.15) is 11.5 Å². The molecule has 7 heteroatoms. The molecule has 0 aliphatic carbocycles. The second kappa shape index (κ2) is 6.51. The van der Waals surface area contributed by atoms with E-state index in [4.69, 9.17) is 9.26 Å². The quantitative estimate of drug-likeness (QED) is 0.833. The molecular formula is C16H17N3O4. The molecule has 1 aliphatic heterocycles. The van der Waals surface area contributed by atoms with Gasteiger partial charge in [0.25, 0.3) is 0 Å². The molecule has 23 heavy (non-hydrogen) atoms. The fourth-order valence-corrected chi connectivity index (χ4v) is 2.44. The molecule has 1 aliphatic rings. The number of hydrogen-bond donors (Lipinski definition) is 2. The van der Waals surface area contributed by atoms with Gasteiger partial charge in [-0.3, -0.25) is 14.9 Å². The van der Waals surface area contributed by atoms with E-state index in [1.54, 1.807) is 6.92 Å². The number of nitrogens with one attached hydrogen (secondary N) is 2. The third-order valence-corrected chi connectivity index (χ3v) is 3.58. The lowest BCUT2D eigenvalue weighted by Crippen LogP contribution is -2.40. The van der Waals surface area contributed by atoms with E-state index in [1.165, 1.54) is 6.07 Å². The van der Waals surface area contributed by atoms with E-state index in [0.29, 0.717) is 18.9 Å². The zero-order valence-corrected chi connectivity index (χ0v) is 12.7. The van der Waals surface area contributed by atoms with Gasteiger partial charge >= 0.3 is 11.8 Å². The molecule has 1 aromatic heterocycles. The maximum Gasteiger partial charge on any atom is 0.314 e. The van der Waals surface area contributed by atoms with Gasteiger partial charge < -0.3 is 14.6 Å². The number of aryl methyl sites for hydroxylation is 1. The fraction of sp³-hybridized carbons (Fsp3) is 0.312. The Morgan fingerprint density at radius 2 is 2.13 bits per heavy atom. The van der Waals surface area contributed by atoms with Crippen LogP contribution in [0.3, 0.4) is 0 Å². The Bertz CT molecular complexity index is 726. The molecule has 1 aromatic carbocycles. The summed E-state index contributed by atoms with van der Waals surface area (Å²) < 4.78 is 10.5. The number of amides is 2. The van der Waals surface area contributed by atoms with E-state index in [2.05, 4.69) is 15.8 Å². The lowest BCUT2D eigenvalue weighted by Gasteiger charge is -2.25. The predicted octanol–water partition coefficient (Wildman–Crippen LogP) is 1.29. The standard InChI is InChI=1S/C16H17N3O4/c1-10-6-14(19-23-10)18-16(21)15(20)17-8-11-7-12-4-2-3-5-13(12)22-9-11/h2-6,11H,7-9H2,1H3,(H,17,20)(H,18,19,21). The molecule has 120 valence electrons. The molecule has 0 saturated heterocycles. The largest absolute Gasteiger partial charge is 0.493 e. The van der Waals surface area contributed by atoms with Gasteiger partial charge in [0, 0.05) is 18.5 Å². The van der Waals surface area contributed by atoms with Crippen molar-refractivity contribution in [3.8, 4) is 5.75 Å². The summed E-state index contributed by atoms with van der Waals surface area (Å²) in [6.45, 7) is 2.59. The van der Waals surface area contributed by atoms with Crippen LogP contribution in [-0.4, -0.2) is 30.1 Å². The number of ether oxygens (including phenoxy) is 1. The number of nitrogens with zero attached hydrogens (tertiary/aromatic N) is 1. The van der Waals surface area contributed by atoms with Gasteiger partial charge in [-0.15, -0.1) is 0 Å². The van der Waals surface area contributed by atoms with Crippen molar-refractivity contribution < 1.29 is 18.8 Å². The van der Waals surface area contributed by atoms with Crippen LogP contribution in [0.1, 0.15) is 11.3 Å². The van der Waals surface area contributed by atoms with Gasteiger partial charge in [-0.05, 0) is 25.0 Å². The normalized spacial score (nSPS) is 16.1. The maximum absolute atomic E-state index is 11.8. The molecule has 7 nitrogen and oxygen atoms in total. The number of rotatable bonds is 3. The van der Waals surface area contributed by atoms with E-state index >= 15 is 0 Å². The average Bonchev–Trinajstić information content (AvgIpc) is 2.97. The molecule has 0 saturated carbocycles. The van der Waals surface area contributed by atoms with Gasteiger partial charge in [0.15, 0.2) is 5.82 Å². The molecular weight excluding hydrogens is 298 g/mol. The first-order chi connectivity index (χ1) is 11.1. The van der Waals surface area contributed by atoms with Gasteiger partial charge in [-0.2, -0.15) is 0 Å². The highest BCUT2D eigenvalue weighted by Crippen LogP contribution is 2.26. The summed E-state index contributed by atoms with van der Waals surface area (Å²) >= 11 is 0. The van der Waals surface area contributed by atoms with Crippen LogP contribution in [0, 0.1) is 12.8 Å². The van der Waals surface area contributed by atoms with Crippen molar-refractivity contribution >= 4 is 17.6 Å². The molecule has 1 unspecified atom stereocenters. The minimum atomic E-state index is -0.768. The van der Waals surface area contributed by atoms with Crippen LogP contribution in [0.5, 0.6) is 5.75 Å². The third-order valence-electron chi connectivity index (χ3n) is 3.58. The van der Waals surface area contributed by atoms with E-state index in [0.717, 1.165) is 17.7 Å². The summed E-state index contributed by atoms with van der Waals surface area (Å²) in [6, 6.07) is 9.35. The lowest BCUT2D eigenvalue weighted by molar-refractivity contribution is -0.136. The average molecular weight is 315 g/mol. The zero-order chi connectivity index (χ0) is 16.2. The molecule has 0 fully saturated rings. The van der Waals surface area contributed by atoms with Crippen molar-refractivity contribution in [3.05, 3.63) is 41.7 Å². The Balaban J connectivity index is 1.48. The summed E-state index contributed by atoms with van der Waals surface area (Å²) in [5, 5.41) is 8.61. The number of carbonyl (C=O) groups excluding carboxylic acids is 2. The molecule has 2 aromatic rings. The highest BCUT2D eigenvalue weighted by atomic mass is 16.5. The van der Waals surface area contributed by atoms with E-state index in [1.807, 2.05) is 24.3 Å². The van der Waals surface area contributed by atoms with Crippen LogP contribution in [-0.2, 0) is 16.0 Å². The fourth-order valence-electron chi connectivity index (χ4n) is 2.44. The SMILES string of the molecule is Cc1cc(NC(=O)C(=O)NCC2COc3ccccc3C2)no1. The Labute approximate surface area is 133 Å². The number of aromatic nitrogens is 1. The zero-order valence-electron chi connectivity index (χ0n) is 12.7. The first kappa shape index (κ1) is 15.1. The molecule has 2 amide bonds. The predicted molar refractivity (Wildman–Crippen MR) is 82.0 cm³/mol. The maximum atomic E-state index is 11.8. The number of benzene rings is 1. The van der Waals surface area contributed by atoms with Crippen molar-refractivity contribution in [3.63, 3.8) is 0 Å². The summed E-state index contributed by atoms with van der Waals surface area (Å²) in [6.07, 6.45) is 0.806. The minimum absolute atomic E-state index is 0.135. The van der Waals surface area contributed by atoms with Gasteiger partial charge in [0.05, 0.1) is 6.61 Å². The number of fused-ring (bicyclic) bond motifs is 1. The Morgan fingerprint density at radius 3 is 2.91 bits per heavy atom. The van der Waals surface area contributed by atoms with Crippen LogP contribution < -0.4 is 15.4 Å². The topological polar surface area (TPSA) is 93.5 Å². The minimum Gasteiger partial charge on any atom is -0.493 e. The van der Waals surface area contributed by atoms with E-state index < -0.39 is 11.8 Å². The van der Waals surface area contributed by atoms with Crippen molar-refractivity contribution in [1.82, 2.24) is 10.5 Å². The molecule has 2 N–H and O–H groups in total. The smallest absolute Gasteiger partial charge is 0.314 e. The van der Waals surface area contributed by atoms with Crippen LogP contribution >= 0.6 is 0 Å². The first-order valence-electron chi connectivity index (χ1n) is 7.35. The second-order valence-corrected chi connectivity index (χ2v) is 5.48. The molecule has 0 radical (unpaired) electrons. The number of para-hydroxylation sites is 1. The van der Waals surface area contributed by atoms with Crippen molar-refractivity contribution in [1.29, 1.82) is 0 Å². The van der Waals surface area contributed by atoms with Crippen molar-refractivity contribution in [2.24, 2.45) is 5.92 Å². The van der Waals surface area contributed by atoms with Crippen molar-refractivity contribution in [2.75, 3.05) is 18.5 Å². The molecule has 0 spiro atoms. The first-order valence-corrected chi connectivity index (χ1v) is 7.35. The Kier molecular flexibility index (Phi) is 4.27. The van der Waals surface area contributed by atoms with Gasteiger partial charge in [-0.1, -0.05) is 23.4 Å². The van der Waals surface area contributed by atoms with Gasteiger partial charge in [-0.25, -0.2) is 0 Å². The number of hydrogen-bond acceptors (Lipinski definition) is 5. The van der Waals surface area contributed by atoms with E-state index in [-0.39, 0.29) is 11.7 Å². The summed E-state index contributed by atoms with van der Waals surface area (Å²) in [4.78, 5) is 23.6. The van der Waals surface area contributed by atoms with Crippen LogP contribution in [0.2, 0.25) is 0 Å². The van der Waals surface area contributed by atoms with E-state index in [9.17, 15) is 9.59 Å². The molecule has 3 rings (SSSR count). The highest BCUT2D eigenvalue weighted by Gasteiger charge is 2.22. The van der Waals surface area contributed by atoms with Gasteiger partial charge in [0.2, 0.25) is 0 Å². The monoisotopic (exact) mass is 315 g/mol. The van der Waals surface area contributed by atoms with Crippen molar-refractivity contribution in [2.45, 2.75) is 13.3 Å². The molecule has 1 atom stereocenters. The molecule has 0 bridgehead atoms. The molecule has 2 heterocycles. The number of anilines is 1. The third kappa shape index (κ3) is 3.68. The summed E-state index contributed by atoms with van der Waals surface area (Å²) in [5.41, 5.74) is 1.11. The second-order valence-electron chi connectivity index (χ2n) is 5.48. The summed E-state index contributed by atoms with van der Waals surface area (Å²) in [5.74, 6) is 0.321.